The number of nitrogens with zero attached hydrogens (tertiary/aromatic N) is 1. The van der Waals surface area contributed by atoms with E-state index in [-0.39, 0.29) is 6.54 Å². The highest BCUT2D eigenvalue weighted by Crippen LogP contribution is 2.30. The molecule has 7 heteroatoms. The minimum atomic E-state index is -3.30. The summed E-state index contributed by atoms with van der Waals surface area (Å²) in [5.41, 5.74) is -0.768. The normalized spacial score (nSPS) is 28.1. The van der Waals surface area contributed by atoms with Crippen LogP contribution >= 0.6 is 0 Å². The summed E-state index contributed by atoms with van der Waals surface area (Å²) in [6, 6.07) is 0. The molecule has 1 fully saturated rings. The van der Waals surface area contributed by atoms with Crippen LogP contribution in [0, 0.1) is 0 Å². The van der Waals surface area contributed by atoms with Gasteiger partial charge in [-0.15, -0.1) is 0 Å². The van der Waals surface area contributed by atoms with Crippen molar-refractivity contribution < 1.29 is 28.2 Å². The molecule has 106 valence electrons. The molecule has 1 aliphatic rings. The minimum Gasteiger partial charge on any atom is -0.444 e. The van der Waals surface area contributed by atoms with Crippen LogP contribution in [0.5, 0.6) is 0 Å². The molecule has 0 aromatic carbocycles. The van der Waals surface area contributed by atoms with E-state index in [9.17, 15) is 18.7 Å². The molecule has 0 bridgehead atoms. The van der Waals surface area contributed by atoms with Gasteiger partial charge in [0.2, 0.25) is 0 Å². The third-order valence-corrected chi connectivity index (χ3v) is 2.48. The molecule has 5 nitrogen and oxygen atoms in total. The quantitative estimate of drug-likeness (QED) is 0.776. The van der Waals surface area contributed by atoms with E-state index in [0.29, 0.717) is 0 Å². The van der Waals surface area contributed by atoms with Gasteiger partial charge in [0.25, 0.3) is 5.92 Å². The Bertz CT molecular complexity index is 317. The number of likely N-dealkylation sites (tertiary alicyclic amines) is 1. The summed E-state index contributed by atoms with van der Waals surface area (Å²) in [4.78, 5) is 12.5. The lowest BCUT2D eigenvalue weighted by Gasteiger charge is -2.40. The van der Waals surface area contributed by atoms with Gasteiger partial charge in [-0.25, -0.2) is 13.6 Å². The van der Waals surface area contributed by atoms with E-state index < -0.39 is 36.4 Å². The number of methoxy groups -OCH3 is 1. The number of amides is 1. The van der Waals surface area contributed by atoms with Crippen molar-refractivity contribution in [2.24, 2.45) is 0 Å². The average Bonchev–Trinajstić information content (AvgIpc) is 2.12. The SMILES string of the molecule is CO[C@@H]1[C@H](O)CN(C(=O)OC(C)(C)C)CC1(F)F. The Hall–Kier alpha value is -0.950. The molecule has 0 aliphatic carbocycles. The number of hydrogen-bond acceptors (Lipinski definition) is 4. The van der Waals surface area contributed by atoms with Crippen LogP contribution in [-0.2, 0) is 9.47 Å². The summed E-state index contributed by atoms with van der Waals surface area (Å²) >= 11 is 0. The van der Waals surface area contributed by atoms with E-state index in [1.165, 1.54) is 0 Å². The molecule has 0 saturated carbocycles. The van der Waals surface area contributed by atoms with E-state index in [1.54, 1.807) is 20.8 Å². The van der Waals surface area contributed by atoms with Gasteiger partial charge in [-0.05, 0) is 20.8 Å². The van der Waals surface area contributed by atoms with Crippen LogP contribution in [-0.4, -0.2) is 60.0 Å². The third kappa shape index (κ3) is 3.52. The van der Waals surface area contributed by atoms with Crippen LogP contribution in [0.15, 0.2) is 0 Å². The molecule has 0 radical (unpaired) electrons. The highest BCUT2D eigenvalue weighted by molar-refractivity contribution is 5.68. The largest absolute Gasteiger partial charge is 0.444 e. The van der Waals surface area contributed by atoms with Gasteiger partial charge < -0.3 is 14.6 Å². The van der Waals surface area contributed by atoms with Crippen molar-refractivity contribution >= 4 is 6.09 Å². The fraction of sp³-hybridized carbons (Fsp3) is 0.909. The fourth-order valence-electron chi connectivity index (χ4n) is 1.81. The Morgan fingerprint density at radius 2 is 2.00 bits per heavy atom. The van der Waals surface area contributed by atoms with E-state index >= 15 is 0 Å². The van der Waals surface area contributed by atoms with E-state index in [2.05, 4.69) is 4.74 Å². The summed E-state index contributed by atoms with van der Waals surface area (Å²) in [5, 5.41) is 9.57. The summed E-state index contributed by atoms with van der Waals surface area (Å²) < 4.78 is 36.8. The fourth-order valence-corrected chi connectivity index (χ4v) is 1.81. The first kappa shape index (κ1) is 15.1. The number of β-amino-alcohol motifs (C(OH)–C–C–N with tert-alkyl or cyclic N) is 1. The zero-order valence-corrected chi connectivity index (χ0v) is 10.9. The van der Waals surface area contributed by atoms with Crippen LogP contribution in [0.2, 0.25) is 0 Å². The summed E-state index contributed by atoms with van der Waals surface area (Å²) in [6.07, 6.45) is -3.90. The monoisotopic (exact) mass is 267 g/mol. The minimum absolute atomic E-state index is 0.233. The van der Waals surface area contributed by atoms with Crippen molar-refractivity contribution in [1.29, 1.82) is 0 Å². The molecular weight excluding hydrogens is 248 g/mol. The predicted octanol–water partition coefficient (Wildman–Crippen LogP) is 1.25. The standard InChI is InChI=1S/C11H19F2NO4/c1-10(2,3)18-9(16)14-5-7(15)8(17-4)11(12,13)6-14/h7-8,15H,5-6H2,1-4H3/t7-,8-/m1/s1. The van der Waals surface area contributed by atoms with Crippen LogP contribution in [0.25, 0.3) is 0 Å². The number of hydrogen-bond donors (Lipinski definition) is 1. The number of rotatable bonds is 1. The molecule has 1 amide bonds. The number of alkyl halides is 2. The predicted molar refractivity (Wildman–Crippen MR) is 59.6 cm³/mol. The molecule has 0 spiro atoms. The topological polar surface area (TPSA) is 59.0 Å². The van der Waals surface area contributed by atoms with Crippen molar-refractivity contribution in [3.05, 3.63) is 0 Å². The number of carbonyl (C=O) groups excluding carboxylic acids is 1. The maximum atomic E-state index is 13.6. The molecule has 1 N–H and O–H groups in total. The summed E-state index contributed by atoms with van der Waals surface area (Å²) in [5.74, 6) is -3.30. The Morgan fingerprint density at radius 1 is 1.44 bits per heavy atom. The van der Waals surface area contributed by atoms with Gasteiger partial charge in [0.15, 0.2) is 0 Å². The van der Waals surface area contributed by atoms with Crippen molar-refractivity contribution in [2.45, 2.75) is 44.5 Å². The van der Waals surface area contributed by atoms with Crippen molar-refractivity contribution in [3.8, 4) is 0 Å². The van der Waals surface area contributed by atoms with Crippen LogP contribution < -0.4 is 0 Å². The van der Waals surface area contributed by atoms with Crippen LogP contribution in [0.1, 0.15) is 20.8 Å². The molecule has 2 atom stereocenters. The number of aliphatic hydroxyl groups excluding tert-OH is 1. The second-order valence-electron chi connectivity index (χ2n) is 5.35. The molecule has 1 saturated heterocycles. The average molecular weight is 267 g/mol. The zero-order chi connectivity index (χ0) is 14.1. The Labute approximate surface area is 105 Å². The molecule has 0 unspecified atom stereocenters. The molecule has 18 heavy (non-hydrogen) atoms. The number of piperidine rings is 1. The van der Waals surface area contributed by atoms with Gasteiger partial charge in [0.1, 0.15) is 17.8 Å². The maximum absolute atomic E-state index is 13.6. The van der Waals surface area contributed by atoms with Crippen LogP contribution in [0.3, 0.4) is 0 Å². The van der Waals surface area contributed by atoms with Crippen molar-refractivity contribution in [2.75, 3.05) is 20.2 Å². The zero-order valence-electron chi connectivity index (χ0n) is 10.9. The van der Waals surface area contributed by atoms with Gasteiger partial charge >= 0.3 is 6.09 Å². The van der Waals surface area contributed by atoms with Gasteiger partial charge in [-0.1, -0.05) is 0 Å². The highest BCUT2D eigenvalue weighted by Gasteiger charge is 2.51. The molecule has 0 aromatic rings. The summed E-state index contributed by atoms with van der Waals surface area (Å²) in [6.45, 7) is 3.87. The summed E-state index contributed by atoms with van der Waals surface area (Å²) in [7, 11) is 1.10. The maximum Gasteiger partial charge on any atom is 0.410 e. The van der Waals surface area contributed by atoms with Crippen molar-refractivity contribution in [3.63, 3.8) is 0 Å². The van der Waals surface area contributed by atoms with Crippen LogP contribution in [0.4, 0.5) is 13.6 Å². The number of aliphatic hydroxyl groups is 1. The first-order valence-corrected chi connectivity index (χ1v) is 5.63. The smallest absolute Gasteiger partial charge is 0.410 e. The Balaban J connectivity index is 2.74. The van der Waals surface area contributed by atoms with Gasteiger partial charge in [-0.2, -0.15) is 0 Å². The van der Waals surface area contributed by atoms with Gasteiger partial charge in [0.05, 0.1) is 13.1 Å². The van der Waals surface area contributed by atoms with Crippen molar-refractivity contribution in [1.82, 2.24) is 4.90 Å². The van der Waals surface area contributed by atoms with Gasteiger partial charge in [0, 0.05) is 7.11 Å². The second-order valence-corrected chi connectivity index (χ2v) is 5.35. The van der Waals surface area contributed by atoms with E-state index in [0.717, 1.165) is 12.0 Å². The molecular formula is C11H19F2NO4. The first-order valence-electron chi connectivity index (χ1n) is 5.63. The third-order valence-electron chi connectivity index (χ3n) is 2.48. The molecule has 1 rings (SSSR count). The first-order chi connectivity index (χ1) is 8.07. The lowest BCUT2D eigenvalue weighted by atomic mass is 10.0. The highest BCUT2D eigenvalue weighted by atomic mass is 19.3. The Kier molecular flexibility index (Phi) is 4.17. The molecule has 1 aliphatic heterocycles. The lowest BCUT2D eigenvalue weighted by Crippen LogP contribution is -2.61. The number of halogens is 2. The lowest BCUT2D eigenvalue weighted by molar-refractivity contribution is -0.201. The van der Waals surface area contributed by atoms with E-state index in [1.807, 2.05) is 0 Å². The number of ether oxygens (including phenoxy) is 2. The molecule has 1 heterocycles. The van der Waals surface area contributed by atoms with Gasteiger partial charge in [-0.3, -0.25) is 4.90 Å². The second kappa shape index (κ2) is 4.97. The van der Waals surface area contributed by atoms with E-state index in [4.69, 9.17) is 4.74 Å². The Morgan fingerprint density at radius 3 is 2.39 bits per heavy atom. The molecule has 0 aromatic heterocycles. The number of carbonyl (C=O) groups is 1.